The summed E-state index contributed by atoms with van der Waals surface area (Å²) in [6.45, 7) is 1.89. The van der Waals surface area contributed by atoms with Crippen LogP contribution >= 0.6 is 0 Å². The van der Waals surface area contributed by atoms with Crippen molar-refractivity contribution >= 4 is 0 Å². The van der Waals surface area contributed by atoms with E-state index in [1.807, 2.05) is 18.3 Å². The highest BCUT2D eigenvalue weighted by Crippen LogP contribution is 2.09. The molecule has 4 heteroatoms. The van der Waals surface area contributed by atoms with Crippen LogP contribution < -0.4 is 5.32 Å². The Hall–Kier alpha value is -1.81. The van der Waals surface area contributed by atoms with Crippen LogP contribution in [0.15, 0.2) is 36.8 Å². The third kappa shape index (κ3) is 3.92. The third-order valence-electron chi connectivity index (χ3n) is 2.65. The summed E-state index contributed by atoms with van der Waals surface area (Å²) in [7, 11) is 0. The smallest absolute Gasteiger partial charge is 0.115 e. The number of H-pyrrole nitrogens is 1. The van der Waals surface area contributed by atoms with E-state index in [2.05, 4.69) is 15.3 Å². The average Bonchev–Trinajstić information content (AvgIpc) is 2.84. The Balaban J connectivity index is 1.61. The van der Waals surface area contributed by atoms with Gasteiger partial charge in [0.25, 0.3) is 0 Å². The van der Waals surface area contributed by atoms with Gasteiger partial charge in [-0.2, -0.15) is 0 Å². The number of aromatic hydroxyl groups is 1. The summed E-state index contributed by atoms with van der Waals surface area (Å²) in [4.78, 5) is 7.04. The molecule has 0 bridgehead atoms. The van der Waals surface area contributed by atoms with E-state index in [4.69, 9.17) is 5.11 Å². The predicted octanol–water partition coefficient (Wildman–Crippen LogP) is 1.49. The average molecular weight is 231 g/mol. The van der Waals surface area contributed by atoms with Crippen LogP contribution in [0, 0.1) is 0 Å². The van der Waals surface area contributed by atoms with E-state index in [1.54, 1.807) is 18.5 Å². The number of aromatic nitrogens is 2. The molecule has 4 nitrogen and oxygen atoms in total. The van der Waals surface area contributed by atoms with Crippen molar-refractivity contribution in [1.29, 1.82) is 0 Å². The first-order valence-corrected chi connectivity index (χ1v) is 5.80. The van der Waals surface area contributed by atoms with E-state index in [0.29, 0.717) is 5.75 Å². The lowest BCUT2D eigenvalue weighted by molar-refractivity contribution is 0.475. The number of benzene rings is 1. The van der Waals surface area contributed by atoms with E-state index in [-0.39, 0.29) is 0 Å². The van der Waals surface area contributed by atoms with Crippen molar-refractivity contribution in [3.8, 4) is 5.75 Å². The minimum Gasteiger partial charge on any atom is -0.508 e. The molecule has 0 unspecified atom stereocenters. The van der Waals surface area contributed by atoms with Gasteiger partial charge in [-0.15, -0.1) is 0 Å². The highest BCUT2D eigenvalue weighted by atomic mass is 16.3. The third-order valence-corrected chi connectivity index (χ3v) is 2.65. The predicted molar refractivity (Wildman–Crippen MR) is 67.0 cm³/mol. The Morgan fingerprint density at radius 2 is 1.88 bits per heavy atom. The first-order valence-electron chi connectivity index (χ1n) is 5.80. The lowest BCUT2D eigenvalue weighted by atomic mass is 10.1. The number of hydrogen-bond acceptors (Lipinski definition) is 3. The van der Waals surface area contributed by atoms with Crippen LogP contribution in [0.1, 0.15) is 11.3 Å². The minimum absolute atomic E-state index is 0.320. The molecule has 0 radical (unpaired) electrons. The molecule has 0 spiro atoms. The number of nitrogens with zero attached hydrogens (tertiary/aromatic N) is 1. The number of nitrogens with one attached hydrogen (secondary N) is 2. The summed E-state index contributed by atoms with van der Waals surface area (Å²) in [6.07, 6.45) is 5.49. The van der Waals surface area contributed by atoms with Gasteiger partial charge in [-0.3, -0.25) is 0 Å². The SMILES string of the molecule is Oc1ccc(CCNCCc2cnc[nH]2)cc1. The fourth-order valence-corrected chi connectivity index (χ4v) is 1.66. The standard InChI is InChI=1S/C13H17N3O/c17-13-3-1-11(2-4-13)5-7-14-8-6-12-9-15-10-16-12/h1-4,9-10,14,17H,5-8H2,(H,15,16). The molecule has 1 aromatic heterocycles. The molecule has 0 saturated heterocycles. The van der Waals surface area contributed by atoms with Gasteiger partial charge in [-0.25, -0.2) is 4.98 Å². The summed E-state index contributed by atoms with van der Waals surface area (Å²) in [5.74, 6) is 0.320. The van der Waals surface area contributed by atoms with Gasteiger partial charge in [0.05, 0.1) is 6.33 Å². The van der Waals surface area contributed by atoms with Crippen molar-refractivity contribution in [1.82, 2.24) is 15.3 Å². The zero-order valence-corrected chi connectivity index (χ0v) is 9.69. The summed E-state index contributed by atoms with van der Waals surface area (Å²) in [5, 5.41) is 12.5. The van der Waals surface area contributed by atoms with E-state index in [9.17, 15) is 0 Å². The van der Waals surface area contributed by atoms with Gasteiger partial charge in [0, 0.05) is 24.9 Å². The largest absolute Gasteiger partial charge is 0.508 e. The topological polar surface area (TPSA) is 60.9 Å². The summed E-state index contributed by atoms with van der Waals surface area (Å²) in [6, 6.07) is 7.34. The fourth-order valence-electron chi connectivity index (χ4n) is 1.66. The first-order chi connectivity index (χ1) is 8.34. The molecule has 0 aliphatic rings. The lowest BCUT2D eigenvalue weighted by Gasteiger charge is -2.04. The molecule has 3 N–H and O–H groups in total. The molecule has 0 atom stereocenters. The van der Waals surface area contributed by atoms with Crippen LogP contribution in [0.4, 0.5) is 0 Å². The molecule has 2 aromatic rings. The van der Waals surface area contributed by atoms with Crippen molar-refractivity contribution in [2.75, 3.05) is 13.1 Å². The summed E-state index contributed by atoms with van der Waals surface area (Å²) in [5.41, 5.74) is 2.39. The van der Waals surface area contributed by atoms with E-state index >= 15 is 0 Å². The number of hydrogen-bond donors (Lipinski definition) is 3. The molecule has 1 heterocycles. The fraction of sp³-hybridized carbons (Fsp3) is 0.308. The molecular formula is C13H17N3O. The second-order valence-electron chi connectivity index (χ2n) is 3.99. The quantitative estimate of drug-likeness (QED) is 0.660. The van der Waals surface area contributed by atoms with Crippen LogP contribution in [0.25, 0.3) is 0 Å². The van der Waals surface area contributed by atoms with Gasteiger partial charge >= 0.3 is 0 Å². The highest BCUT2D eigenvalue weighted by molar-refractivity contribution is 5.25. The Morgan fingerprint density at radius 1 is 1.12 bits per heavy atom. The monoisotopic (exact) mass is 231 g/mol. The van der Waals surface area contributed by atoms with Crippen molar-refractivity contribution in [3.05, 3.63) is 48.0 Å². The molecule has 0 aliphatic carbocycles. The normalized spacial score (nSPS) is 10.6. The molecule has 1 aromatic carbocycles. The molecular weight excluding hydrogens is 214 g/mol. The van der Waals surface area contributed by atoms with Crippen molar-refractivity contribution in [3.63, 3.8) is 0 Å². The molecule has 0 fully saturated rings. The van der Waals surface area contributed by atoms with Gasteiger partial charge in [-0.1, -0.05) is 12.1 Å². The maximum absolute atomic E-state index is 9.15. The van der Waals surface area contributed by atoms with Crippen molar-refractivity contribution in [2.24, 2.45) is 0 Å². The zero-order chi connectivity index (χ0) is 11.9. The Labute approximate surface area is 101 Å². The second-order valence-corrected chi connectivity index (χ2v) is 3.99. The van der Waals surface area contributed by atoms with Crippen LogP contribution in [0.5, 0.6) is 5.75 Å². The van der Waals surface area contributed by atoms with Gasteiger partial charge in [-0.05, 0) is 30.7 Å². The maximum atomic E-state index is 9.15. The van der Waals surface area contributed by atoms with E-state index in [1.165, 1.54) is 5.56 Å². The number of rotatable bonds is 6. The lowest BCUT2D eigenvalue weighted by Crippen LogP contribution is -2.20. The molecule has 2 rings (SSSR count). The first kappa shape index (κ1) is 11.7. The Morgan fingerprint density at radius 3 is 2.59 bits per heavy atom. The second kappa shape index (κ2) is 6.06. The van der Waals surface area contributed by atoms with Crippen LogP contribution in [-0.4, -0.2) is 28.2 Å². The van der Waals surface area contributed by atoms with Crippen LogP contribution in [0.3, 0.4) is 0 Å². The Kier molecular flexibility index (Phi) is 4.16. The molecule has 0 aliphatic heterocycles. The number of aromatic amines is 1. The van der Waals surface area contributed by atoms with E-state index in [0.717, 1.165) is 31.6 Å². The summed E-state index contributed by atoms with van der Waals surface area (Å²) >= 11 is 0. The number of imidazole rings is 1. The zero-order valence-electron chi connectivity index (χ0n) is 9.69. The molecule has 90 valence electrons. The Bertz CT molecular complexity index is 422. The minimum atomic E-state index is 0.320. The van der Waals surface area contributed by atoms with Crippen molar-refractivity contribution < 1.29 is 5.11 Å². The number of phenolic OH excluding ortho intramolecular Hbond substituents is 1. The van der Waals surface area contributed by atoms with Crippen molar-refractivity contribution in [2.45, 2.75) is 12.8 Å². The maximum Gasteiger partial charge on any atom is 0.115 e. The molecule has 0 saturated carbocycles. The number of phenols is 1. The molecule has 0 amide bonds. The van der Waals surface area contributed by atoms with Gasteiger partial charge in [0.15, 0.2) is 0 Å². The van der Waals surface area contributed by atoms with Gasteiger partial charge in [0.1, 0.15) is 5.75 Å². The van der Waals surface area contributed by atoms with E-state index < -0.39 is 0 Å². The highest BCUT2D eigenvalue weighted by Gasteiger charge is 1.95. The van der Waals surface area contributed by atoms with Gasteiger partial charge in [0.2, 0.25) is 0 Å². The molecule has 17 heavy (non-hydrogen) atoms. The van der Waals surface area contributed by atoms with Gasteiger partial charge < -0.3 is 15.4 Å². The van der Waals surface area contributed by atoms with Crippen LogP contribution in [0.2, 0.25) is 0 Å². The summed E-state index contributed by atoms with van der Waals surface area (Å²) < 4.78 is 0. The van der Waals surface area contributed by atoms with Crippen LogP contribution in [-0.2, 0) is 12.8 Å².